The zero-order valence-corrected chi connectivity index (χ0v) is 10.3. The van der Waals surface area contributed by atoms with E-state index in [9.17, 15) is 9.13 Å². The van der Waals surface area contributed by atoms with Gasteiger partial charge in [0.25, 0.3) is 0 Å². The average Bonchev–Trinajstić information content (AvgIpc) is 2.12. The summed E-state index contributed by atoms with van der Waals surface area (Å²) in [7, 11) is -9.72. The summed E-state index contributed by atoms with van der Waals surface area (Å²) < 4.78 is 22.0. The number of rotatable bonds is 4. The normalized spacial score (nSPS) is 20.3. The summed E-state index contributed by atoms with van der Waals surface area (Å²) in [6.07, 6.45) is 1.16. The van der Waals surface area contributed by atoms with Gasteiger partial charge in [-0.15, -0.1) is 0 Å². The second-order valence-electron chi connectivity index (χ2n) is 3.74. The molecule has 0 aromatic carbocycles. The van der Waals surface area contributed by atoms with Crippen LogP contribution in [0.25, 0.3) is 0 Å². The minimum atomic E-state index is -4.86. The molecule has 10 heteroatoms. The largest absolute Gasteiger partial charge is 0.354 e. The molecule has 16 heavy (non-hydrogen) atoms. The molecule has 0 unspecified atom stereocenters. The Bertz CT molecular complexity index is 297. The van der Waals surface area contributed by atoms with Gasteiger partial charge in [0.15, 0.2) is 0 Å². The van der Waals surface area contributed by atoms with Crippen molar-refractivity contribution in [1.29, 1.82) is 0 Å². The molecule has 1 fully saturated rings. The second-order valence-corrected chi connectivity index (χ2v) is 7.54. The molecule has 0 saturated carbocycles. The summed E-state index contributed by atoms with van der Waals surface area (Å²) in [5.74, 6) is 0. The van der Waals surface area contributed by atoms with Crippen molar-refractivity contribution in [3.05, 3.63) is 0 Å². The van der Waals surface area contributed by atoms with E-state index >= 15 is 0 Å². The molecule has 6 N–H and O–H groups in total. The lowest BCUT2D eigenvalue weighted by Crippen LogP contribution is -2.44. The fraction of sp³-hybridized carbons (Fsp3) is 1.00. The SMILES string of the molecule is O=P(O)(O)C(NC1CCNCC1)P(=O)(O)O. The number of piperidine rings is 1. The lowest BCUT2D eigenvalue weighted by molar-refractivity contribution is 0.306. The Hall–Kier alpha value is 0.220. The molecule has 96 valence electrons. The quantitative estimate of drug-likeness (QED) is 0.358. The third-order valence-electron chi connectivity index (χ3n) is 2.36. The molecule has 0 radical (unpaired) electrons. The first kappa shape index (κ1) is 14.3. The van der Waals surface area contributed by atoms with Gasteiger partial charge in [-0.25, -0.2) is 0 Å². The van der Waals surface area contributed by atoms with Gasteiger partial charge in [0.05, 0.1) is 0 Å². The van der Waals surface area contributed by atoms with Crippen LogP contribution in [0.15, 0.2) is 0 Å². The summed E-state index contributed by atoms with van der Waals surface area (Å²) in [5, 5.41) is 5.41. The van der Waals surface area contributed by atoms with Gasteiger partial charge in [-0.2, -0.15) is 0 Å². The summed E-state index contributed by atoms with van der Waals surface area (Å²) >= 11 is 0. The summed E-state index contributed by atoms with van der Waals surface area (Å²) in [6, 6.07) is -0.286. The third-order valence-corrected chi connectivity index (χ3v) is 5.74. The van der Waals surface area contributed by atoms with Crippen molar-refractivity contribution in [2.45, 2.75) is 24.4 Å². The van der Waals surface area contributed by atoms with Crippen LogP contribution < -0.4 is 10.6 Å². The van der Waals surface area contributed by atoms with Crippen molar-refractivity contribution < 1.29 is 28.7 Å². The van der Waals surface area contributed by atoms with Gasteiger partial charge in [-0.3, -0.25) is 14.4 Å². The van der Waals surface area contributed by atoms with E-state index in [2.05, 4.69) is 10.6 Å². The molecule has 0 aromatic heterocycles. The van der Waals surface area contributed by atoms with Gasteiger partial charge >= 0.3 is 15.2 Å². The number of hydrogen-bond acceptors (Lipinski definition) is 4. The van der Waals surface area contributed by atoms with Gasteiger partial charge in [0.1, 0.15) is 0 Å². The van der Waals surface area contributed by atoms with Crippen molar-refractivity contribution in [3.8, 4) is 0 Å². The molecular weight excluding hydrogens is 258 g/mol. The fourth-order valence-corrected chi connectivity index (χ4v) is 3.97. The lowest BCUT2D eigenvalue weighted by Gasteiger charge is -2.29. The van der Waals surface area contributed by atoms with E-state index in [1.54, 1.807) is 0 Å². The van der Waals surface area contributed by atoms with Crippen LogP contribution >= 0.6 is 15.2 Å². The molecule has 0 atom stereocenters. The standard InChI is InChI=1S/C6H16N2O6P2/c9-15(10,11)6(16(12,13)14)8-5-1-3-7-4-2-5/h5-8H,1-4H2,(H2,9,10,11)(H2,12,13,14). The Labute approximate surface area is 92.8 Å². The minimum absolute atomic E-state index is 0.286. The molecule has 1 aliphatic rings. The van der Waals surface area contributed by atoms with E-state index < -0.39 is 20.7 Å². The Morgan fingerprint density at radius 3 is 1.88 bits per heavy atom. The van der Waals surface area contributed by atoms with Crippen LogP contribution in [0.5, 0.6) is 0 Å². The Morgan fingerprint density at radius 1 is 1.06 bits per heavy atom. The van der Waals surface area contributed by atoms with E-state index in [1.807, 2.05) is 0 Å². The van der Waals surface area contributed by atoms with E-state index in [0.717, 1.165) is 0 Å². The highest BCUT2D eigenvalue weighted by Gasteiger charge is 2.44. The first-order valence-electron chi connectivity index (χ1n) is 4.78. The van der Waals surface area contributed by atoms with E-state index in [4.69, 9.17) is 19.6 Å². The van der Waals surface area contributed by atoms with Gasteiger partial charge < -0.3 is 24.9 Å². The van der Waals surface area contributed by atoms with Crippen molar-refractivity contribution in [2.24, 2.45) is 0 Å². The maximum Gasteiger partial charge on any atom is 0.354 e. The summed E-state index contributed by atoms with van der Waals surface area (Å²) in [4.78, 5) is 35.5. The van der Waals surface area contributed by atoms with E-state index in [1.165, 1.54) is 0 Å². The van der Waals surface area contributed by atoms with Crippen molar-refractivity contribution in [3.63, 3.8) is 0 Å². The third kappa shape index (κ3) is 4.24. The molecule has 1 rings (SSSR count). The van der Waals surface area contributed by atoms with Crippen LogP contribution in [0.2, 0.25) is 0 Å². The molecule has 0 spiro atoms. The molecule has 8 nitrogen and oxygen atoms in total. The van der Waals surface area contributed by atoms with Crippen LogP contribution in [-0.2, 0) is 9.13 Å². The van der Waals surface area contributed by atoms with Gasteiger partial charge in [-0.05, 0) is 25.9 Å². The minimum Gasteiger partial charge on any atom is -0.323 e. The molecule has 1 aliphatic heterocycles. The highest BCUT2D eigenvalue weighted by molar-refractivity contribution is 7.70. The van der Waals surface area contributed by atoms with Crippen molar-refractivity contribution in [2.75, 3.05) is 13.1 Å². The Balaban J connectivity index is 2.71. The van der Waals surface area contributed by atoms with E-state index in [-0.39, 0.29) is 6.04 Å². The zero-order chi connectivity index (χ0) is 12.4. The first-order chi connectivity index (χ1) is 7.21. The van der Waals surface area contributed by atoms with Crippen molar-refractivity contribution >= 4 is 15.2 Å². The monoisotopic (exact) mass is 274 g/mol. The molecule has 1 heterocycles. The Morgan fingerprint density at radius 2 is 1.50 bits per heavy atom. The van der Waals surface area contributed by atoms with Crippen molar-refractivity contribution in [1.82, 2.24) is 10.6 Å². The molecule has 1 saturated heterocycles. The molecule has 0 aliphatic carbocycles. The Kier molecular flexibility index (Phi) is 4.68. The van der Waals surface area contributed by atoms with Gasteiger partial charge in [0, 0.05) is 6.04 Å². The maximum atomic E-state index is 11.0. The summed E-state index contributed by atoms with van der Waals surface area (Å²) in [5.41, 5.74) is -2.09. The average molecular weight is 274 g/mol. The molecule has 0 bridgehead atoms. The highest BCUT2D eigenvalue weighted by Crippen LogP contribution is 2.58. The van der Waals surface area contributed by atoms with Crippen LogP contribution in [0.3, 0.4) is 0 Å². The summed E-state index contributed by atoms with van der Waals surface area (Å²) in [6.45, 7) is 1.32. The molecular formula is C6H16N2O6P2. The van der Waals surface area contributed by atoms with Gasteiger partial charge in [-0.1, -0.05) is 0 Å². The van der Waals surface area contributed by atoms with Crippen LogP contribution in [0.1, 0.15) is 12.8 Å². The molecule has 0 aromatic rings. The predicted octanol–water partition coefficient (Wildman–Crippen LogP) is -1.03. The highest BCUT2D eigenvalue weighted by atomic mass is 31.2. The second kappa shape index (κ2) is 5.25. The molecule has 0 amide bonds. The fourth-order valence-electron chi connectivity index (χ4n) is 1.59. The first-order valence-corrected chi connectivity index (χ1v) is 8.15. The zero-order valence-electron chi connectivity index (χ0n) is 8.48. The topological polar surface area (TPSA) is 139 Å². The van der Waals surface area contributed by atoms with E-state index in [0.29, 0.717) is 25.9 Å². The van der Waals surface area contributed by atoms with Crippen LogP contribution in [0.4, 0.5) is 0 Å². The van der Waals surface area contributed by atoms with Crippen LogP contribution in [-0.4, -0.2) is 44.2 Å². The number of hydrogen-bond donors (Lipinski definition) is 6. The lowest BCUT2D eigenvalue weighted by atomic mass is 10.1. The maximum absolute atomic E-state index is 11.0. The predicted molar refractivity (Wildman–Crippen MR) is 56.9 cm³/mol. The smallest absolute Gasteiger partial charge is 0.323 e. The van der Waals surface area contributed by atoms with Gasteiger partial charge in [0.2, 0.25) is 5.52 Å². The number of nitrogens with one attached hydrogen (secondary N) is 2. The van der Waals surface area contributed by atoms with Crippen LogP contribution in [0, 0.1) is 0 Å².